The highest BCUT2D eigenvalue weighted by Crippen LogP contribution is 2.47. The molecule has 0 radical (unpaired) electrons. The Morgan fingerprint density at radius 2 is 2.35 bits per heavy atom. The smallest absolute Gasteiger partial charge is 0.280 e. The van der Waals surface area contributed by atoms with Crippen LogP contribution in [-0.2, 0) is 6.54 Å². The van der Waals surface area contributed by atoms with E-state index in [1.54, 1.807) is 4.57 Å². The average molecular weight is 279 g/mol. The molecule has 108 valence electrons. The summed E-state index contributed by atoms with van der Waals surface area (Å²) in [5.74, 6) is 0.0962. The molecule has 2 aromatic rings. The first-order chi connectivity index (χ1) is 9.59. The minimum absolute atomic E-state index is 0.0173. The summed E-state index contributed by atoms with van der Waals surface area (Å²) < 4.78 is 1.72. The number of nitrogens with two attached hydrogens (primary N) is 1. The SMILES string of the molecule is Nc1nc2c(ncn2C[C@]2(CO)CC[C@H]2CO)c(=O)[nH]1. The molecule has 8 nitrogen and oxygen atoms in total. The lowest BCUT2D eigenvalue weighted by atomic mass is 9.60. The lowest BCUT2D eigenvalue weighted by Gasteiger charge is -2.48. The van der Waals surface area contributed by atoms with E-state index in [0.29, 0.717) is 12.2 Å². The van der Waals surface area contributed by atoms with E-state index < -0.39 is 0 Å². The number of nitrogens with zero attached hydrogens (tertiary/aromatic N) is 3. The first kappa shape index (κ1) is 13.1. The Hall–Kier alpha value is -1.93. The predicted molar refractivity (Wildman–Crippen MR) is 71.9 cm³/mol. The third-order valence-electron chi connectivity index (χ3n) is 4.37. The Balaban J connectivity index is 2.01. The summed E-state index contributed by atoms with van der Waals surface area (Å²) in [5.41, 5.74) is 5.43. The number of fused-ring (bicyclic) bond motifs is 1. The van der Waals surface area contributed by atoms with Gasteiger partial charge in [-0.3, -0.25) is 9.78 Å². The molecular formula is C12H17N5O3. The Morgan fingerprint density at radius 1 is 1.55 bits per heavy atom. The van der Waals surface area contributed by atoms with Gasteiger partial charge in [0.15, 0.2) is 11.2 Å². The van der Waals surface area contributed by atoms with Crippen molar-refractivity contribution in [1.82, 2.24) is 19.5 Å². The van der Waals surface area contributed by atoms with Crippen molar-refractivity contribution in [1.29, 1.82) is 0 Å². The number of nitrogens with one attached hydrogen (secondary N) is 1. The summed E-state index contributed by atoms with van der Waals surface area (Å²) in [5, 5.41) is 19.0. The van der Waals surface area contributed by atoms with Gasteiger partial charge in [-0.2, -0.15) is 4.98 Å². The van der Waals surface area contributed by atoms with Gasteiger partial charge < -0.3 is 20.5 Å². The highest BCUT2D eigenvalue weighted by molar-refractivity contribution is 5.70. The van der Waals surface area contributed by atoms with Crippen molar-refractivity contribution in [2.45, 2.75) is 19.4 Å². The van der Waals surface area contributed by atoms with E-state index in [1.165, 1.54) is 6.33 Å². The summed E-state index contributed by atoms with van der Waals surface area (Å²) in [6, 6.07) is 0. The largest absolute Gasteiger partial charge is 0.396 e. The molecule has 5 N–H and O–H groups in total. The van der Waals surface area contributed by atoms with Crippen LogP contribution in [0.1, 0.15) is 12.8 Å². The minimum atomic E-state index is -0.378. The van der Waals surface area contributed by atoms with Crippen molar-refractivity contribution >= 4 is 17.1 Å². The van der Waals surface area contributed by atoms with E-state index in [0.717, 1.165) is 12.8 Å². The van der Waals surface area contributed by atoms with Crippen LogP contribution in [0.15, 0.2) is 11.1 Å². The van der Waals surface area contributed by atoms with Gasteiger partial charge in [-0.1, -0.05) is 0 Å². The lowest BCUT2D eigenvalue weighted by Crippen LogP contribution is -2.48. The number of imidazole rings is 1. The zero-order valence-electron chi connectivity index (χ0n) is 10.9. The number of aliphatic hydroxyl groups is 2. The van der Waals surface area contributed by atoms with Gasteiger partial charge in [0.2, 0.25) is 5.95 Å². The van der Waals surface area contributed by atoms with E-state index in [1.807, 2.05) is 0 Å². The van der Waals surface area contributed by atoms with Crippen molar-refractivity contribution in [3.8, 4) is 0 Å². The van der Waals surface area contributed by atoms with Crippen molar-refractivity contribution in [3.05, 3.63) is 16.7 Å². The van der Waals surface area contributed by atoms with Crippen LogP contribution in [0.25, 0.3) is 11.2 Å². The Labute approximate surface area is 114 Å². The van der Waals surface area contributed by atoms with Gasteiger partial charge in [0.1, 0.15) is 0 Å². The molecule has 1 aliphatic carbocycles. The number of H-pyrrole nitrogens is 1. The molecule has 20 heavy (non-hydrogen) atoms. The van der Waals surface area contributed by atoms with Crippen molar-refractivity contribution in [3.63, 3.8) is 0 Å². The summed E-state index contributed by atoms with van der Waals surface area (Å²) >= 11 is 0. The molecule has 0 bridgehead atoms. The second-order valence-corrected chi connectivity index (χ2v) is 5.43. The van der Waals surface area contributed by atoms with Crippen molar-refractivity contribution in [2.24, 2.45) is 11.3 Å². The monoisotopic (exact) mass is 279 g/mol. The zero-order valence-corrected chi connectivity index (χ0v) is 10.9. The predicted octanol–water partition coefficient (Wildman–Crippen LogP) is -0.917. The van der Waals surface area contributed by atoms with Gasteiger partial charge in [-0.05, 0) is 18.8 Å². The summed E-state index contributed by atoms with van der Waals surface area (Å²) in [6.07, 6.45) is 3.24. The van der Waals surface area contributed by atoms with Crippen LogP contribution in [0.2, 0.25) is 0 Å². The number of aromatic amines is 1. The van der Waals surface area contributed by atoms with E-state index in [4.69, 9.17) is 5.73 Å². The van der Waals surface area contributed by atoms with Crippen molar-refractivity contribution in [2.75, 3.05) is 18.9 Å². The molecule has 1 aliphatic rings. The molecule has 0 spiro atoms. The molecule has 2 atom stereocenters. The first-order valence-electron chi connectivity index (χ1n) is 6.52. The van der Waals surface area contributed by atoms with E-state index in [9.17, 15) is 15.0 Å². The van der Waals surface area contributed by atoms with Gasteiger partial charge in [0.05, 0.1) is 12.9 Å². The van der Waals surface area contributed by atoms with Gasteiger partial charge in [-0.15, -0.1) is 0 Å². The molecule has 8 heteroatoms. The molecule has 2 heterocycles. The van der Waals surface area contributed by atoms with Gasteiger partial charge >= 0.3 is 0 Å². The second kappa shape index (κ2) is 4.57. The van der Waals surface area contributed by atoms with Gasteiger partial charge in [-0.25, -0.2) is 4.98 Å². The number of anilines is 1. The van der Waals surface area contributed by atoms with Crippen LogP contribution in [0, 0.1) is 11.3 Å². The maximum atomic E-state index is 11.7. The number of hydrogen-bond acceptors (Lipinski definition) is 6. The normalized spacial score (nSPS) is 25.8. The van der Waals surface area contributed by atoms with Crippen LogP contribution < -0.4 is 11.3 Å². The highest BCUT2D eigenvalue weighted by Gasteiger charge is 2.46. The Morgan fingerprint density at radius 3 is 2.95 bits per heavy atom. The number of aromatic nitrogens is 4. The Bertz CT molecular complexity index is 688. The van der Waals surface area contributed by atoms with E-state index in [2.05, 4.69) is 15.0 Å². The van der Waals surface area contributed by atoms with Gasteiger partial charge in [0.25, 0.3) is 5.56 Å². The first-order valence-corrected chi connectivity index (χ1v) is 6.52. The molecule has 1 saturated carbocycles. The molecule has 3 rings (SSSR count). The topological polar surface area (TPSA) is 130 Å². The second-order valence-electron chi connectivity index (χ2n) is 5.43. The number of aliphatic hydroxyl groups excluding tert-OH is 2. The molecule has 1 fully saturated rings. The number of nitrogen functional groups attached to an aromatic ring is 1. The zero-order chi connectivity index (χ0) is 14.3. The highest BCUT2D eigenvalue weighted by atomic mass is 16.3. The van der Waals surface area contributed by atoms with Crippen LogP contribution in [-0.4, -0.2) is 42.9 Å². The lowest BCUT2D eigenvalue weighted by molar-refractivity contribution is -0.0651. The summed E-state index contributed by atoms with van der Waals surface area (Å²) in [6.45, 7) is 0.487. The maximum absolute atomic E-state index is 11.7. The summed E-state index contributed by atoms with van der Waals surface area (Å²) in [7, 11) is 0. The third kappa shape index (κ3) is 1.80. The van der Waals surface area contributed by atoms with Gasteiger partial charge in [0, 0.05) is 18.6 Å². The molecule has 0 aromatic carbocycles. The molecule has 2 aromatic heterocycles. The molecular weight excluding hydrogens is 262 g/mol. The third-order valence-corrected chi connectivity index (χ3v) is 4.37. The van der Waals surface area contributed by atoms with Crippen LogP contribution in [0.4, 0.5) is 5.95 Å². The standard InChI is InChI=1S/C12H17N5O3/c13-11-15-9-8(10(20)16-11)14-6-17(9)4-12(5-19)2-1-7(12)3-18/h6-7,18-19H,1-5H2,(H3,13,15,16,20)/t7-,12-/m0/s1. The fourth-order valence-electron chi connectivity index (χ4n) is 2.93. The van der Waals surface area contributed by atoms with Crippen LogP contribution in [0.5, 0.6) is 0 Å². The minimum Gasteiger partial charge on any atom is -0.396 e. The molecule has 0 amide bonds. The molecule has 0 saturated heterocycles. The quantitative estimate of drug-likeness (QED) is 0.573. The fourth-order valence-corrected chi connectivity index (χ4v) is 2.93. The summed E-state index contributed by atoms with van der Waals surface area (Å²) in [4.78, 5) is 22.3. The Kier molecular flexibility index (Phi) is 2.98. The van der Waals surface area contributed by atoms with Crippen molar-refractivity contribution < 1.29 is 10.2 Å². The fraction of sp³-hybridized carbons (Fsp3) is 0.583. The maximum Gasteiger partial charge on any atom is 0.280 e. The molecule has 0 unspecified atom stereocenters. The number of hydrogen-bond donors (Lipinski definition) is 4. The van der Waals surface area contributed by atoms with E-state index in [-0.39, 0.29) is 41.6 Å². The van der Waals surface area contributed by atoms with E-state index >= 15 is 0 Å². The number of rotatable bonds is 4. The molecule has 0 aliphatic heterocycles. The van der Waals surface area contributed by atoms with Crippen LogP contribution in [0.3, 0.4) is 0 Å². The average Bonchev–Trinajstić information content (AvgIpc) is 2.78. The van der Waals surface area contributed by atoms with Crippen LogP contribution >= 0.6 is 0 Å².